The van der Waals surface area contributed by atoms with Crippen LogP contribution >= 0.6 is 0 Å². The molecule has 32 heavy (non-hydrogen) atoms. The molecule has 3 aliphatic rings. The Hall–Kier alpha value is -2.07. The first-order chi connectivity index (χ1) is 15.3. The third-order valence-electron chi connectivity index (χ3n) is 7.92. The van der Waals surface area contributed by atoms with Crippen LogP contribution in [0.15, 0.2) is 54.3 Å². The Morgan fingerprint density at radius 3 is 2.41 bits per heavy atom. The van der Waals surface area contributed by atoms with Crippen molar-refractivity contribution in [3.05, 3.63) is 59.8 Å². The van der Waals surface area contributed by atoms with E-state index in [0.29, 0.717) is 5.92 Å². The van der Waals surface area contributed by atoms with Gasteiger partial charge in [0.15, 0.2) is 0 Å². The first kappa shape index (κ1) is 23.1. The van der Waals surface area contributed by atoms with E-state index in [4.69, 9.17) is 0 Å². The number of amides is 2. The van der Waals surface area contributed by atoms with Crippen molar-refractivity contribution in [1.29, 1.82) is 0 Å². The molecule has 0 N–H and O–H groups in total. The molecule has 2 amide bonds. The van der Waals surface area contributed by atoms with Gasteiger partial charge in [-0.3, -0.25) is 9.80 Å². The third kappa shape index (κ3) is 4.80. The molecule has 1 saturated carbocycles. The number of hydrogen-bond donors (Lipinski definition) is 0. The summed E-state index contributed by atoms with van der Waals surface area (Å²) in [6.45, 7) is 6.99. The van der Waals surface area contributed by atoms with E-state index in [1.807, 2.05) is 0 Å². The first-order valence-corrected chi connectivity index (χ1v) is 12.5. The van der Waals surface area contributed by atoms with E-state index in [2.05, 4.69) is 91.2 Å². The zero-order chi connectivity index (χ0) is 22.8. The van der Waals surface area contributed by atoms with Gasteiger partial charge in [-0.05, 0) is 75.6 Å². The second kappa shape index (κ2) is 9.43. The molecule has 0 aromatic heterocycles. The van der Waals surface area contributed by atoms with Crippen LogP contribution < -0.4 is 0 Å². The highest BCUT2D eigenvalue weighted by Gasteiger charge is 2.38. The average Bonchev–Trinajstić information content (AvgIpc) is 2.79. The summed E-state index contributed by atoms with van der Waals surface area (Å²) in [7, 11) is 4.41. The van der Waals surface area contributed by atoms with E-state index >= 15 is 0 Å². The van der Waals surface area contributed by atoms with Gasteiger partial charge in [0, 0.05) is 30.9 Å². The van der Waals surface area contributed by atoms with Gasteiger partial charge in [-0.1, -0.05) is 62.8 Å². The molecule has 174 valence electrons. The van der Waals surface area contributed by atoms with Crippen LogP contribution in [0.2, 0.25) is 0 Å². The van der Waals surface area contributed by atoms with Gasteiger partial charge in [0.25, 0.3) is 0 Å². The van der Waals surface area contributed by atoms with Gasteiger partial charge in [-0.25, -0.2) is 4.79 Å². The highest BCUT2D eigenvalue weighted by Crippen LogP contribution is 2.38. The minimum absolute atomic E-state index is 0.0501. The van der Waals surface area contributed by atoms with E-state index in [0.717, 1.165) is 51.0 Å². The van der Waals surface area contributed by atoms with Crippen LogP contribution in [-0.4, -0.2) is 54.5 Å². The molecule has 4 heteroatoms. The smallest absolute Gasteiger partial charge is 0.324 e. The molecule has 1 saturated heterocycles. The molecule has 0 bridgehead atoms. The van der Waals surface area contributed by atoms with Gasteiger partial charge < -0.3 is 4.90 Å². The zero-order valence-corrected chi connectivity index (χ0v) is 20.5. The number of nitrogens with zero attached hydrogens (tertiary/aromatic N) is 3. The van der Waals surface area contributed by atoms with Crippen molar-refractivity contribution in [1.82, 2.24) is 14.7 Å². The number of rotatable bonds is 5. The average molecular weight is 436 g/mol. The zero-order valence-electron chi connectivity index (χ0n) is 20.5. The second-order valence-electron chi connectivity index (χ2n) is 11.0. The predicted molar refractivity (Wildman–Crippen MR) is 132 cm³/mol. The number of allylic oxidation sites excluding steroid dienone is 3. The van der Waals surface area contributed by atoms with Crippen LogP contribution in [0.5, 0.6) is 0 Å². The Bertz CT molecular complexity index is 853. The molecule has 1 aliphatic heterocycles. The molecule has 4 nitrogen and oxygen atoms in total. The lowest BCUT2D eigenvalue weighted by Crippen LogP contribution is -2.48. The number of benzene rings is 1. The minimum atomic E-state index is -0.0501. The quantitative estimate of drug-likeness (QED) is 0.565. The fourth-order valence-corrected chi connectivity index (χ4v) is 5.63. The van der Waals surface area contributed by atoms with Gasteiger partial charge in [0.05, 0.1) is 0 Å². The summed E-state index contributed by atoms with van der Waals surface area (Å²) in [6, 6.07) is 11.1. The Balaban J connectivity index is 1.67. The number of carbonyl (C=O) groups excluding carboxylic acids is 1. The van der Waals surface area contributed by atoms with Crippen LogP contribution in [0.1, 0.15) is 64.4 Å². The maximum absolute atomic E-state index is 13.9. The van der Waals surface area contributed by atoms with Crippen molar-refractivity contribution in [3.8, 4) is 0 Å². The number of hydrogen-bond acceptors (Lipinski definition) is 2. The predicted octanol–water partition coefficient (Wildman–Crippen LogP) is 6.02. The lowest BCUT2D eigenvalue weighted by molar-refractivity contribution is 0.104. The maximum atomic E-state index is 13.9. The summed E-state index contributed by atoms with van der Waals surface area (Å²) in [5, 5.41) is 0. The van der Waals surface area contributed by atoms with Crippen LogP contribution in [0.25, 0.3) is 0 Å². The Morgan fingerprint density at radius 1 is 1.03 bits per heavy atom. The molecular weight excluding hydrogens is 394 g/mol. The van der Waals surface area contributed by atoms with Crippen molar-refractivity contribution in [3.63, 3.8) is 0 Å². The van der Waals surface area contributed by atoms with E-state index < -0.39 is 0 Å². The van der Waals surface area contributed by atoms with Crippen LogP contribution in [-0.2, 0) is 5.54 Å². The van der Waals surface area contributed by atoms with Gasteiger partial charge in [0.2, 0.25) is 0 Å². The monoisotopic (exact) mass is 435 g/mol. The van der Waals surface area contributed by atoms with Crippen LogP contribution in [0.3, 0.4) is 0 Å². The normalized spacial score (nSPS) is 26.9. The topological polar surface area (TPSA) is 26.8 Å². The second-order valence-corrected chi connectivity index (χ2v) is 11.0. The molecular formula is C28H41N3O. The standard InChI is InChI=1S/C28H41N3O/c1-27(2)16-9-15-25(21-27)31-19-10-17-28(29(3)4,24-13-6-5-7-14-24)18-20-30(26(31)32)22-23-11-8-12-23/h5-7,9,13-15,21,23H,8,10-12,16-20,22H2,1-4H3/t28-/m0/s1. The molecule has 0 radical (unpaired) electrons. The highest BCUT2D eigenvalue weighted by molar-refractivity contribution is 5.77. The van der Waals surface area contributed by atoms with E-state index in [1.165, 1.54) is 24.8 Å². The first-order valence-electron chi connectivity index (χ1n) is 12.5. The van der Waals surface area contributed by atoms with Crippen molar-refractivity contribution < 1.29 is 4.79 Å². The fourth-order valence-electron chi connectivity index (χ4n) is 5.63. The van der Waals surface area contributed by atoms with Gasteiger partial charge in [0.1, 0.15) is 0 Å². The molecule has 1 atom stereocenters. The van der Waals surface area contributed by atoms with Crippen molar-refractivity contribution >= 4 is 6.03 Å². The molecule has 4 rings (SSSR count). The Morgan fingerprint density at radius 2 is 1.78 bits per heavy atom. The van der Waals surface area contributed by atoms with Crippen molar-refractivity contribution in [2.24, 2.45) is 11.3 Å². The van der Waals surface area contributed by atoms with Gasteiger partial charge in [-0.2, -0.15) is 0 Å². The lowest BCUT2D eigenvalue weighted by Gasteiger charge is -2.42. The SMILES string of the molecule is CN(C)[C@@]1(c2ccccc2)CCCN(C2=CC(C)(C)CC=C2)C(=O)N(CC2CCC2)CC1. The summed E-state index contributed by atoms with van der Waals surface area (Å²) >= 11 is 0. The minimum Gasteiger partial charge on any atom is -0.324 e. The summed E-state index contributed by atoms with van der Waals surface area (Å²) in [6.07, 6.45) is 14.6. The van der Waals surface area contributed by atoms with Crippen LogP contribution in [0, 0.1) is 11.3 Å². The molecule has 1 aromatic rings. The maximum Gasteiger partial charge on any atom is 0.324 e. The lowest BCUT2D eigenvalue weighted by atomic mass is 9.80. The molecule has 2 fully saturated rings. The number of carbonyl (C=O) groups is 1. The summed E-state index contributed by atoms with van der Waals surface area (Å²) < 4.78 is 0. The summed E-state index contributed by atoms with van der Waals surface area (Å²) in [5.74, 6) is 0.666. The Kier molecular flexibility index (Phi) is 6.80. The molecule has 2 aliphatic carbocycles. The summed E-state index contributed by atoms with van der Waals surface area (Å²) in [5.41, 5.74) is 2.50. The summed E-state index contributed by atoms with van der Waals surface area (Å²) in [4.78, 5) is 20.6. The van der Waals surface area contributed by atoms with E-state index in [1.54, 1.807) is 0 Å². The van der Waals surface area contributed by atoms with Crippen molar-refractivity contribution in [2.75, 3.05) is 33.7 Å². The molecule has 1 aromatic carbocycles. The van der Waals surface area contributed by atoms with Gasteiger partial charge in [-0.15, -0.1) is 0 Å². The molecule has 0 spiro atoms. The fraction of sp³-hybridized carbons (Fsp3) is 0.607. The molecule has 1 heterocycles. The Labute approximate surface area is 195 Å². The molecule has 0 unspecified atom stereocenters. The third-order valence-corrected chi connectivity index (χ3v) is 7.92. The number of urea groups is 1. The largest absolute Gasteiger partial charge is 0.324 e. The van der Waals surface area contributed by atoms with E-state index in [9.17, 15) is 4.79 Å². The highest BCUT2D eigenvalue weighted by atomic mass is 16.2. The van der Waals surface area contributed by atoms with E-state index in [-0.39, 0.29) is 17.0 Å². The van der Waals surface area contributed by atoms with Gasteiger partial charge >= 0.3 is 6.03 Å². The van der Waals surface area contributed by atoms with Crippen LogP contribution in [0.4, 0.5) is 4.79 Å². The van der Waals surface area contributed by atoms with Crippen molar-refractivity contribution in [2.45, 2.75) is 64.3 Å².